The molecule has 0 amide bonds. The largest absolute Gasteiger partial charge is 0.393 e. The summed E-state index contributed by atoms with van der Waals surface area (Å²) in [4.78, 5) is 6.69. The molecule has 4 rings (SSSR count). The Labute approximate surface area is 183 Å². The molecule has 6 nitrogen and oxygen atoms in total. The second kappa shape index (κ2) is 9.82. The summed E-state index contributed by atoms with van der Waals surface area (Å²) in [6.07, 6.45) is 11.3. The molecule has 1 aliphatic carbocycles. The van der Waals surface area contributed by atoms with Crippen molar-refractivity contribution in [2.45, 2.75) is 63.6 Å². The van der Waals surface area contributed by atoms with Crippen molar-refractivity contribution in [2.24, 2.45) is 0 Å². The number of anilines is 1. The maximum atomic E-state index is 9.73. The summed E-state index contributed by atoms with van der Waals surface area (Å²) in [7, 11) is 0. The van der Waals surface area contributed by atoms with Gasteiger partial charge >= 0.3 is 0 Å². The van der Waals surface area contributed by atoms with Gasteiger partial charge in [0.15, 0.2) is 0 Å². The highest BCUT2D eigenvalue weighted by atomic mass is 35.5. The van der Waals surface area contributed by atoms with E-state index in [1.165, 1.54) is 0 Å². The van der Waals surface area contributed by atoms with Crippen LogP contribution in [-0.4, -0.2) is 56.6 Å². The Morgan fingerprint density at radius 2 is 1.90 bits per heavy atom. The van der Waals surface area contributed by atoms with E-state index in [2.05, 4.69) is 49.9 Å². The second-order valence-corrected chi connectivity index (χ2v) is 8.71. The van der Waals surface area contributed by atoms with Crippen molar-refractivity contribution in [1.82, 2.24) is 19.7 Å². The van der Waals surface area contributed by atoms with Crippen molar-refractivity contribution < 1.29 is 5.11 Å². The molecule has 0 spiro atoms. The van der Waals surface area contributed by atoms with E-state index in [0.29, 0.717) is 17.2 Å². The predicted molar refractivity (Wildman–Crippen MR) is 120 cm³/mol. The molecule has 0 aromatic carbocycles. The first-order valence-electron chi connectivity index (χ1n) is 11.0. The average molecular weight is 428 g/mol. The summed E-state index contributed by atoms with van der Waals surface area (Å²) < 4.78 is 2.07. The lowest BCUT2D eigenvalue weighted by Gasteiger charge is -2.30. The van der Waals surface area contributed by atoms with Gasteiger partial charge in [-0.3, -0.25) is 4.68 Å². The van der Waals surface area contributed by atoms with Crippen molar-refractivity contribution in [2.75, 3.05) is 25.0 Å². The number of aliphatic hydroxyl groups is 1. The third kappa shape index (κ3) is 5.34. The van der Waals surface area contributed by atoms with E-state index in [-0.39, 0.29) is 6.10 Å². The molecule has 7 heteroatoms. The van der Waals surface area contributed by atoms with Crippen LogP contribution in [0.5, 0.6) is 0 Å². The van der Waals surface area contributed by atoms with Crippen LogP contribution in [-0.2, 0) is 0 Å². The third-order valence-corrected chi connectivity index (χ3v) is 6.46. The van der Waals surface area contributed by atoms with Gasteiger partial charge in [-0.25, -0.2) is 4.98 Å². The molecule has 0 radical (unpaired) electrons. The Kier molecular flexibility index (Phi) is 6.93. The van der Waals surface area contributed by atoms with Crippen LogP contribution in [0.3, 0.4) is 0 Å². The number of halogens is 1. The maximum absolute atomic E-state index is 9.73. The minimum absolute atomic E-state index is 0.172. The Bertz CT molecular complexity index is 902. The standard InChI is InChI=1S/C23H30ClN5O/c1-2-28-11-9-20(10-12-28)29-16-17(14-26-29)3-4-18-15-25-23(24)13-22(18)27-19-5-7-21(30)8-6-19/h13-16,19-21,30H,2,5-12H2,1H3,(H,25,27). The number of hydrogen-bond acceptors (Lipinski definition) is 5. The number of piperidine rings is 1. The number of aliphatic hydroxyl groups excluding tert-OH is 1. The van der Waals surface area contributed by atoms with Crippen molar-refractivity contribution in [1.29, 1.82) is 0 Å². The monoisotopic (exact) mass is 427 g/mol. The Hall–Kier alpha value is -2.07. The molecule has 160 valence electrons. The Balaban J connectivity index is 1.45. The molecule has 2 aliphatic rings. The van der Waals surface area contributed by atoms with Gasteiger partial charge in [0.25, 0.3) is 0 Å². The molecule has 3 heterocycles. The summed E-state index contributed by atoms with van der Waals surface area (Å²) in [6, 6.07) is 2.62. The smallest absolute Gasteiger partial charge is 0.131 e. The zero-order chi connectivity index (χ0) is 20.9. The quantitative estimate of drug-likeness (QED) is 0.575. The fourth-order valence-corrected chi connectivity index (χ4v) is 4.49. The summed E-state index contributed by atoms with van der Waals surface area (Å²) in [5.41, 5.74) is 2.65. The second-order valence-electron chi connectivity index (χ2n) is 8.33. The van der Waals surface area contributed by atoms with Gasteiger partial charge in [-0.05, 0) is 51.1 Å². The molecule has 2 aromatic heterocycles. The highest BCUT2D eigenvalue weighted by molar-refractivity contribution is 6.29. The molecule has 2 aromatic rings. The average Bonchev–Trinajstić information content (AvgIpc) is 3.24. The fourth-order valence-electron chi connectivity index (χ4n) is 4.33. The highest BCUT2D eigenvalue weighted by Gasteiger charge is 2.21. The molecule has 30 heavy (non-hydrogen) atoms. The first-order valence-corrected chi connectivity index (χ1v) is 11.4. The molecule has 0 unspecified atom stereocenters. The van der Waals surface area contributed by atoms with Crippen molar-refractivity contribution in [3.05, 3.63) is 40.9 Å². The normalized spacial score (nSPS) is 23.0. The molecule has 0 atom stereocenters. The summed E-state index contributed by atoms with van der Waals surface area (Å²) in [5.74, 6) is 6.48. The van der Waals surface area contributed by atoms with Gasteiger partial charge in [0.2, 0.25) is 0 Å². The van der Waals surface area contributed by atoms with Crippen molar-refractivity contribution >= 4 is 17.3 Å². The van der Waals surface area contributed by atoms with Crippen molar-refractivity contribution in [3.8, 4) is 11.8 Å². The van der Waals surface area contributed by atoms with Gasteiger partial charge < -0.3 is 15.3 Å². The van der Waals surface area contributed by atoms with Gasteiger partial charge in [0.1, 0.15) is 5.15 Å². The molecule has 1 saturated heterocycles. The summed E-state index contributed by atoms with van der Waals surface area (Å²) >= 11 is 6.13. The maximum Gasteiger partial charge on any atom is 0.131 e. The number of aromatic nitrogens is 3. The molecule has 2 fully saturated rings. The third-order valence-electron chi connectivity index (χ3n) is 6.25. The van der Waals surface area contributed by atoms with E-state index in [4.69, 9.17) is 11.6 Å². The number of nitrogens with zero attached hydrogens (tertiary/aromatic N) is 4. The number of likely N-dealkylation sites (tertiary alicyclic amines) is 1. The minimum Gasteiger partial charge on any atom is -0.393 e. The minimum atomic E-state index is -0.172. The number of rotatable bonds is 4. The SMILES string of the molecule is CCN1CCC(n2cc(C#Cc3cnc(Cl)cc3NC3CCC(O)CC3)cn2)CC1. The summed E-state index contributed by atoms with van der Waals surface area (Å²) in [6.45, 7) is 5.60. The highest BCUT2D eigenvalue weighted by Crippen LogP contribution is 2.25. The van der Waals surface area contributed by atoms with Crippen LogP contribution in [0.1, 0.15) is 62.6 Å². The first-order chi connectivity index (χ1) is 14.6. The fraction of sp³-hybridized carbons (Fsp3) is 0.565. The Morgan fingerprint density at radius 3 is 2.63 bits per heavy atom. The molecular formula is C23H30ClN5O. The van der Waals surface area contributed by atoms with E-state index < -0.39 is 0 Å². The van der Waals surface area contributed by atoms with Crippen LogP contribution in [0.4, 0.5) is 5.69 Å². The van der Waals surface area contributed by atoms with Crippen LogP contribution in [0.15, 0.2) is 24.7 Å². The van der Waals surface area contributed by atoms with Gasteiger partial charge in [-0.15, -0.1) is 0 Å². The van der Waals surface area contributed by atoms with E-state index >= 15 is 0 Å². The molecule has 0 bridgehead atoms. The van der Waals surface area contributed by atoms with E-state index in [0.717, 1.165) is 75.0 Å². The zero-order valence-electron chi connectivity index (χ0n) is 17.5. The van der Waals surface area contributed by atoms with Gasteiger partial charge in [0.05, 0.1) is 35.2 Å². The van der Waals surface area contributed by atoms with E-state index in [9.17, 15) is 5.11 Å². The topological polar surface area (TPSA) is 66.2 Å². The van der Waals surface area contributed by atoms with Gasteiger partial charge in [-0.1, -0.05) is 30.4 Å². The number of hydrogen-bond donors (Lipinski definition) is 2. The lowest BCUT2D eigenvalue weighted by molar-refractivity contribution is 0.126. The Morgan fingerprint density at radius 1 is 1.13 bits per heavy atom. The van der Waals surface area contributed by atoms with Crippen LogP contribution in [0.2, 0.25) is 5.15 Å². The van der Waals surface area contributed by atoms with Crippen LogP contribution in [0.25, 0.3) is 0 Å². The van der Waals surface area contributed by atoms with Gasteiger partial charge in [0, 0.05) is 31.5 Å². The number of nitrogens with one attached hydrogen (secondary N) is 1. The van der Waals surface area contributed by atoms with E-state index in [1.807, 2.05) is 12.3 Å². The van der Waals surface area contributed by atoms with E-state index in [1.54, 1.807) is 6.20 Å². The van der Waals surface area contributed by atoms with Gasteiger partial charge in [-0.2, -0.15) is 5.10 Å². The predicted octanol–water partition coefficient (Wildman–Crippen LogP) is 3.70. The first kappa shape index (κ1) is 21.2. The molecular weight excluding hydrogens is 398 g/mol. The lowest BCUT2D eigenvalue weighted by Crippen LogP contribution is -2.34. The molecule has 1 aliphatic heterocycles. The van der Waals surface area contributed by atoms with Crippen LogP contribution >= 0.6 is 11.6 Å². The van der Waals surface area contributed by atoms with Crippen LogP contribution < -0.4 is 5.32 Å². The zero-order valence-corrected chi connectivity index (χ0v) is 18.3. The van der Waals surface area contributed by atoms with Crippen molar-refractivity contribution in [3.63, 3.8) is 0 Å². The van der Waals surface area contributed by atoms with Crippen LogP contribution in [0, 0.1) is 11.8 Å². The summed E-state index contributed by atoms with van der Waals surface area (Å²) in [5, 5.41) is 18.3. The molecule has 1 saturated carbocycles. The molecule has 2 N–H and O–H groups in total. The number of pyridine rings is 1. The lowest BCUT2D eigenvalue weighted by atomic mass is 9.93.